The van der Waals surface area contributed by atoms with E-state index >= 15 is 0 Å². The lowest BCUT2D eigenvalue weighted by atomic mass is 10.0. The normalized spacial score (nSPS) is 22.8. The van der Waals surface area contributed by atoms with E-state index in [0.717, 1.165) is 29.0 Å². The first-order chi connectivity index (χ1) is 12.1. The Labute approximate surface area is 153 Å². The lowest BCUT2D eigenvalue weighted by Crippen LogP contribution is -2.38. The predicted octanol–water partition coefficient (Wildman–Crippen LogP) is 4.40. The number of nitrogens with zero attached hydrogens (tertiary/aromatic N) is 2. The van der Waals surface area contributed by atoms with Crippen molar-refractivity contribution in [1.29, 1.82) is 0 Å². The molecular formula is C18H16ClFN2O2S. The third kappa shape index (κ3) is 3.28. The van der Waals surface area contributed by atoms with Gasteiger partial charge in [-0.15, -0.1) is 11.3 Å². The zero-order chi connectivity index (χ0) is 17.4. The molecule has 1 aromatic heterocycles. The number of likely N-dealkylation sites (tertiary alicyclic amines) is 1. The molecule has 1 fully saturated rings. The third-order valence-corrected chi connectivity index (χ3v) is 5.85. The van der Waals surface area contributed by atoms with Crippen molar-refractivity contribution in [2.45, 2.75) is 31.4 Å². The number of carbonyl (C=O) groups is 1. The molecule has 0 spiro atoms. The molecule has 0 saturated carbocycles. The first kappa shape index (κ1) is 16.5. The molecule has 2 aliphatic heterocycles. The van der Waals surface area contributed by atoms with Crippen molar-refractivity contribution >= 4 is 34.6 Å². The topological polar surface area (TPSA) is 41.9 Å². The molecule has 1 saturated heterocycles. The Hall–Kier alpha value is -1.92. The van der Waals surface area contributed by atoms with Crippen LogP contribution in [-0.4, -0.2) is 29.2 Å². The number of benzene rings is 1. The van der Waals surface area contributed by atoms with Crippen LogP contribution in [0.2, 0.25) is 4.34 Å². The summed E-state index contributed by atoms with van der Waals surface area (Å²) in [5, 5.41) is 4.07. The third-order valence-electron chi connectivity index (χ3n) is 4.57. The van der Waals surface area contributed by atoms with E-state index in [9.17, 15) is 9.18 Å². The molecule has 130 valence electrons. The molecule has 0 bridgehead atoms. The van der Waals surface area contributed by atoms with Crippen LogP contribution in [0.15, 0.2) is 41.6 Å². The van der Waals surface area contributed by atoms with Crippen LogP contribution in [0.4, 0.5) is 4.39 Å². The Balaban J connectivity index is 1.48. The van der Waals surface area contributed by atoms with Crippen LogP contribution in [0, 0.1) is 5.82 Å². The summed E-state index contributed by atoms with van der Waals surface area (Å²) in [6, 6.07) is 10.0. The van der Waals surface area contributed by atoms with Gasteiger partial charge in [-0.1, -0.05) is 28.9 Å². The second-order valence-electron chi connectivity index (χ2n) is 6.18. The maximum atomic E-state index is 13.5. The van der Waals surface area contributed by atoms with Gasteiger partial charge in [0.15, 0.2) is 0 Å². The van der Waals surface area contributed by atoms with E-state index in [1.165, 1.54) is 23.5 Å². The Bertz CT molecular complexity index is 838. The molecule has 4 nitrogen and oxygen atoms in total. The van der Waals surface area contributed by atoms with Gasteiger partial charge in [-0.3, -0.25) is 4.79 Å². The number of oxime groups is 1. The SMILES string of the molecule is O=C(C1CC(c2ccc(Cl)s2)=NO1)N1CCCC1c1cccc(F)c1. The highest BCUT2D eigenvalue weighted by atomic mass is 35.5. The van der Waals surface area contributed by atoms with E-state index in [1.807, 2.05) is 12.1 Å². The quantitative estimate of drug-likeness (QED) is 0.794. The fourth-order valence-electron chi connectivity index (χ4n) is 3.40. The van der Waals surface area contributed by atoms with E-state index in [0.29, 0.717) is 17.3 Å². The number of rotatable bonds is 3. The molecule has 7 heteroatoms. The Morgan fingerprint density at radius 3 is 3.00 bits per heavy atom. The fourth-order valence-corrected chi connectivity index (χ4v) is 4.43. The minimum absolute atomic E-state index is 0.0897. The van der Waals surface area contributed by atoms with Gasteiger partial charge in [0.05, 0.1) is 15.3 Å². The second kappa shape index (κ2) is 6.77. The van der Waals surface area contributed by atoms with Crippen LogP contribution in [0.3, 0.4) is 0 Å². The molecule has 0 radical (unpaired) electrons. The van der Waals surface area contributed by atoms with Crippen molar-refractivity contribution in [1.82, 2.24) is 4.90 Å². The molecule has 2 atom stereocenters. The van der Waals surface area contributed by atoms with Crippen LogP contribution in [-0.2, 0) is 9.63 Å². The summed E-state index contributed by atoms with van der Waals surface area (Å²) < 4.78 is 14.2. The number of amides is 1. The highest BCUT2D eigenvalue weighted by Crippen LogP contribution is 2.34. The van der Waals surface area contributed by atoms with Gasteiger partial charge in [-0.05, 0) is 42.7 Å². The van der Waals surface area contributed by atoms with Crippen molar-refractivity contribution < 1.29 is 14.0 Å². The van der Waals surface area contributed by atoms with Gasteiger partial charge in [-0.25, -0.2) is 4.39 Å². The number of hydrogen-bond donors (Lipinski definition) is 0. The standard InChI is InChI=1S/C18H16ClFN2O2S/c19-17-7-6-16(25-17)13-10-15(24-21-13)18(23)22-8-2-5-14(22)11-3-1-4-12(20)9-11/h1,3-4,6-7,9,14-15H,2,5,8,10H2. The minimum atomic E-state index is -0.620. The summed E-state index contributed by atoms with van der Waals surface area (Å²) >= 11 is 7.38. The van der Waals surface area contributed by atoms with Gasteiger partial charge in [0, 0.05) is 13.0 Å². The summed E-state index contributed by atoms with van der Waals surface area (Å²) in [6.07, 6.45) is 1.54. The van der Waals surface area contributed by atoms with E-state index < -0.39 is 6.10 Å². The van der Waals surface area contributed by atoms with E-state index in [2.05, 4.69) is 5.16 Å². The molecular weight excluding hydrogens is 363 g/mol. The number of halogens is 2. The van der Waals surface area contributed by atoms with E-state index in [1.54, 1.807) is 17.0 Å². The van der Waals surface area contributed by atoms with Crippen LogP contribution in [0.1, 0.15) is 35.7 Å². The predicted molar refractivity (Wildman–Crippen MR) is 95.4 cm³/mol. The lowest BCUT2D eigenvalue weighted by Gasteiger charge is -2.26. The first-order valence-electron chi connectivity index (χ1n) is 8.16. The minimum Gasteiger partial charge on any atom is -0.382 e. The zero-order valence-corrected chi connectivity index (χ0v) is 14.9. The van der Waals surface area contributed by atoms with Crippen molar-refractivity contribution in [2.24, 2.45) is 5.16 Å². The van der Waals surface area contributed by atoms with Crippen LogP contribution in [0.5, 0.6) is 0 Å². The first-order valence-corrected chi connectivity index (χ1v) is 9.35. The van der Waals surface area contributed by atoms with Crippen molar-refractivity contribution in [3.8, 4) is 0 Å². The second-order valence-corrected chi connectivity index (χ2v) is 7.90. The molecule has 3 heterocycles. The lowest BCUT2D eigenvalue weighted by molar-refractivity contribution is -0.143. The maximum absolute atomic E-state index is 13.5. The summed E-state index contributed by atoms with van der Waals surface area (Å²) in [5.74, 6) is -0.373. The molecule has 2 unspecified atom stereocenters. The van der Waals surface area contributed by atoms with E-state index in [-0.39, 0.29) is 17.8 Å². The van der Waals surface area contributed by atoms with Gasteiger partial charge in [-0.2, -0.15) is 0 Å². The average Bonchev–Trinajstić information content (AvgIpc) is 3.34. The van der Waals surface area contributed by atoms with Crippen LogP contribution < -0.4 is 0 Å². The monoisotopic (exact) mass is 378 g/mol. The Morgan fingerprint density at radius 1 is 1.36 bits per heavy atom. The van der Waals surface area contributed by atoms with Crippen LogP contribution in [0.25, 0.3) is 0 Å². The number of hydrogen-bond acceptors (Lipinski definition) is 4. The largest absolute Gasteiger partial charge is 0.382 e. The molecule has 2 aromatic rings. The van der Waals surface area contributed by atoms with Gasteiger partial charge in [0.1, 0.15) is 11.5 Å². The molecule has 1 amide bonds. The summed E-state index contributed by atoms with van der Waals surface area (Å²) in [7, 11) is 0. The zero-order valence-electron chi connectivity index (χ0n) is 13.3. The number of carbonyl (C=O) groups excluding carboxylic acids is 1. The fraction of sp³-hybridized carbons (Fsp3) is 0.333. The van der Waals surface area contributed by atoms with Gasteiger partial charge in [0.25, 0.3) is 5.91 Å². The molecule has 0 aliphatic carbocycles. The van der Waals surface area contributed by atoms with Gasteiger partial charge >= 0.3 is 0 Å². The van der Waals surface area contributed by atoms with Crippen molar-refractivity contribution in [3.63, 3.8) is 0 Å². The highest BCUT2D eigenvalue weighted by Gasteiger charge is 2.38. The highest BCUT2D eigenvalue weighted by molar-refractivity contribution is 7.18. The van der Waals surface area contributed by atoms with Gasteiger partial charge in [0.2, 0.25) is 6.10 Å². The van der Waals surface area contributed by atoms with Crippen molar-refractivity contribution in [3.05, 3.63) is 57.0 Å². The average molecular weight is 379 g/mol. The maximum Gasteiger partial charge on any atom is 0.267 e. The number of thiophene rings is 1. The molecule has 4 rings (SSSR count). The molecule has 25 heavy (non-hydrogen) atoms. The Kier molecular flexibility index (Phi) is 4.48. The van der Waals surface area contributed by atoms with Crippen LogP contribution >= 0.6 is 22.9 Å². The Morgan fingerprint density at radius 2 is 2.24 bits per heavy atom. The van der Waals surface area contributed by atoms with E-state index in [4.69, 9.17) is 16.4 Å². The van der Waals surface area contributed by atoms with Crippen molar-refractivity contribution in [2.75, 3.05) is 6.54 Å². The van der Waals surface area contributed by atoms with Gasteiger partial charge < -0.3 is 9.74 Å². The summed E-state index contributed by atoms with van der Waals surface area (Å²) in [5.41, 5.74) is 1.58. The smallest absolute Gasteiger partial charge is 0.267 e. The summed E-state index contributed by atoms with van der Waals surface area (Å²) in [4.78, 5) is 21.0. The molecule has 0 N–H and O–H groups in total. The molecule has 1 aromatic carbocycles. The summed E-state index contributed by atoms with van der Waals surface area (Å²) in [6.45, 7) is 0.653. The molecule has 2 aliphatic rings.